The Balaban J connectivity index is 1.77. The monoisotopic (exact) mass is 274 g/mol. The average Bonchev–Trinajstić information content (AvgIpc) is 2.86. The second-order valence-corrected chi connectivity index (χ2v) is 6.13. The summed E-state index contributed by atoms with van der Waals surface area (Å²) in [6, 6.07) is 11.0. The summed E-state index contributed by atoms with van der Waals surface area (Å²) in [6.07, 6.45) is 1.15. The zero-order valence-electron chi connectivity index (χ0n) is 11.9. The highest BCUT2D eigenvalue weighted by Gasteiger charge is 2.09. The molecule has 1 aromatic heterocycles. The van der Waals surface area contributed by atoms with Crippen LogP contribution in [0.25, 0.3) is 0 Å². The van der Waals surface area contributed by atoms with E-state index in [0.717, 1.165) is 23.7 Å². The number of aryl methyl sites for hydroxylation is 1. The molecular formula is C16H22N2S. The third-order valence-corrected chi connectivity index (χ3v) is 4.27. The molecule has 2 rings (SSSR count). The van der Waals surface area contributed by atoms with Crippen molar-refractivity contribution in [1.29, 1.82) is 0 Å². The van der Waals surface area contributed by atoms with Crippen LogP contribution in [0.4, 0.5) is 0 Å². The summed E-state index contributed by atoms with van der Waals surface area (Å²) >= 11 is 1.72. The van der Waals surface area contributed by atoms with Crippen LogP contribution in [0.1, 0.15) is 48.5 Å². The number of hydrogen-bond donors (Lipinski definition) is 1. The second kappa shape index (κ2) is 6.83. The maximum absolute atomic E-state index is 4.52. The SMILES string of the molecule is Cc1nc(C(C)NCCC(C)c2ccccc2)cs1. The number of rotatable bonds is 6. The molecule has 0 saturated heterocycles. The fourth-order valence-electron chi connectivity index (χ4n) is 2.15. The molecule has 0 amide bonds. The molecule has 0 saturated carbocycles. The fourth-order valence-corrected chi connectivity index (χ4v) is 2.85. The Kier molecular flexibility index (Phi) is 5.11. The smallest absolute Gasteiger partial charge is 0.0898 e. The van der Waals surface area contributed by atoms with Crippen LogP contribution >= 0.6 is 11.3 Å². The van der Waals surface area contributed by atoms with E-state index in [-0.39, 0.29) is 0 Å². The van der Waals surface area contributed by atoms with Crippen molar-refractivity contribution in [2.24, 2.45) is 0 Å². The van der Waals surface area contributed by atoms with Crippen LogP contribution in [0.15, 0.2) is 35.7 Å². The summed E-state index contributed by atoms with van der Waals surface area (Å²) in [5.41, 5.74) is 2.58. The van der Waals surface area contributed by atoms with Crippen molar-refractivity contribution < 1.29 is 0 Å². The van der Waals surface area contributed by atoms with E-state index in [0.29, 0.717) is 12.0 Å². The third-order valence-electron chi connectivity index (χ3n) is 3.48. The van der Waals surface area contributed by atoms with Crippen LogP contribution in [-0.2, 0) is 0 Å². The third kappa shape index (κ3) is 4.15. The molecule has 1 heterocycles. The van der Waals surface area contributed by atoms with Crippen molar-refractivity contribution in [3.05, 3.63) is 52.0 Å². The molecule has 2 aromatic rings. The van der Waals surface area contributed by atoms with Gasteiger partial charge < -0.3 is 5.32 Å². The predicted octanol–water partition coefficient (Wildman–Crippen LogP) is 4.30. The maximum Gasteiger partial charge on any atom is 0.0898 e. The van der Waals surface area contributed by atoms with Gasteiger partial charge in [-0.05, 0) is 38.3 Å². The van der Waals surface area contributed by atoms with Gasteiger partial charge in [0.15, 0.2) is 0 Å². The zero-order valence-corrected chi connectivity index (χ0v) is 12.7. The van der Waals surface area contributed by atoms with Gasteiger partial charge in [0.25, 0.3) is 0 Å². The quantitative estimate of drug-likeness (QED) is 0.849. The lowest BCUT2D eigenvalue weighted by atomic mass is 9.98. The second-order valence-electron chi connectivity index (χ2n) is 5.07. The van der Waals surface area contributed by atoms with Crippen LogP contribution in [-0.4, -0.2) is 11.5 Å². The molecule has 3 heteroatoms. The van der Waals surface area contributed by atoms with E-state index in [2.05, 4.69) is 66.8 Å². The van der Waals surface area contributed by atoms with Gasteiger partial charge in [-0.25, -0.2) is 4.98 Å². The molecule has 2 unspecified atom stereocenters. The summed E-state index contributed by atoms with van der Waals surface area (Å²) < 4.78 is 0. The average molecular weight is 274 g/mol. The Bertz CT molecular complexity index is 492. The van der Waals surface area contributed by atoms with E-state index < -0.39 is 0 Å². The van der Waals surface area contributed by atoms with Gasteiger partial charge in [0, 0.05) is 11.4 Å². The van der Waals surface area contributed by atoms with Crippen LogP contribution in [0, 0.1) is 6.92 Å². The van der Waals surface area contributed by atoms with Crippen molar-refractivity contribution in [3.8, 4) is 0 Å². The minimum Gasteiger partial charge on any atom is -0.309 e. The number of hydrogen-bond acceptors (Lipinski definition) is 3. The lowest BCUT2D eigenvalue weighted by Crippen LogP contribution is -2.21. The molecule has 0 bridgehead atoms. The standard InChI is InChI=1S/C16H22N2S/c1-12(15-7-5-4-6-8-15)9-10-17-13(2)16-11-19-14(3)18-16/h4-8,11-13,17H,9-10H2,1-3H3. The Morgan fingerprint density at radius 1 is 1.21 bits per heavy atom. The molecule has 0 spiro atoms. The summed E-state index contributed by atoms with van der Waals surface area (Å²) in [5.74, 6) is 0.595. The van der Waals surface area contributed by atoms with Crippen LogP contribution in [0.3, 0.4) is 0 Å². The van der Waals surface area contributed by atoms with E-state index in [1.165, 1.54) is 5.56 Å². The first kappa shape index (κ1) is 14.2. The van der Waals surface area contributed by atoms with Gasteiger partial charge in [-0.15, -0.1) is 11.3 Å². The van der Waals surface area contributed by atoms with Crippen LogP contribution < -0.4 is 5.32 Å². The van der Waals surface area contributed by atoms with Crippen LogP contribution in [0.2, 0.25) is 0 Å². The minimum atomic E-state index is 0.341. The molecule has 1 N–H and O–H groups in total. The van der Waals surface area contributed by atoms with Gasteiger partial charge in [0.2, 0.25) is 0 Å². The zero-order chi connectivity index (χ0) is 13.7. The molecule has 0 aliphatic carbocycles. The van der Waals surface area contributed by atoms with Crippen molar-refractivity contribution in [3.63, 3.8) is 0 Å². The van der Waals surface area contributed by atoms with E-state index in [9.17, 15) is 0 Å². The normalized spacial score (nSPS) is 14.3. The van der Waals surface area contributed by atoms with Gasteiger partial charge >= 0.3 is 0 Å². The summed E-state index contributed by atoms with van der Waals surface area (Å²) in [6.45, 7) is 7.54. The first-order valence-electron chi connectivity index (χ1n) is 6.87. The molecule has 1 aromatic carbocycles. The van der Waals surface area contributed by atoms with Gasteiger partial charge in [0.1, 0.15) is 0 Å². The molecular weight excluding hydrogens is 252 g/mol. The number of nitrogens with one attached hydrogen (secondary N) is 1. The summed E-state index contributed by atoms with van der Waals surface area (Å²) in [5, 5.41) is 6.84. The largest absolute Gasteiger partial charge is 0.309 e. The molecule has 19 heavy (non-hydrogen) atoms. The molecule has 0 aliphatic rings. The van der Waals surface area contributed by atoms with E-state index >= 15 is 0 Å². The number of benzene rings is 1. The van der Waals surface area contributed by atoms with Crippen molar-refractivity contribution in [2.45, 2.75) is 39.2 Å². The minimum absolute atomic E-state index is 0.341. The number of nitrogens with zero attached hydrogens (tertiary/aromatic N) is 1. The van der Waals surface area contributed by atoms with Gasteiger partial charge in [-0.1, -0.05) is 37.3 Å². The number of thiazole rings is 1. The summed E-state index contributed by atoms with van der Waals surface area (Å²) in [7, 11) is 0. The summed E-state index contributed by atoms with van der Waals surface area (Å²) in [4.78, 5) is 4.52. The Morgan fingerprint density at radius 2 is 1.95 bits per heavy atom. The Morgan fingerprint density at radius 3 is 2.58 bits per heavy atom. The molecule has 0 aliphatic heterocycles. The first-order valence-corrected chi connectivity index (χ1v) is 7.75. The molecule has 0 fully saturated rings. The highest BCUT2D eigenvalue weighted by atomic mass is 32.1. The van der Waals surface area contributed by atoms with E-state index in [4.69, 9.17) is 0 Å². The van der Waals surface area contributed by atoms with Crippen molar-refractivity contribution in [1.82, 2.24) is 10.3 Å². The van der Waals surface area contributed by atoms with E-state index in [1.807, 2.05) is 0 Å². The molecule has 102 valence electrons. The predicted molar refractivity (Wildman–Crippen MR) is 82.7 cm³/mol. The maximum atomic E-state index is 4.52. The lowest BCUT2D eigenvalue weighted by Gasteiger charge is -2.15. The van der Waals surface area contributed by atoms with E-state index in [1.54, 1.807) is 11.3 Å². The molecule has 2 nitrogen and oxygen atoms in total. The van der Waals surface area contributed by atoms with Gasteiger partial charge in [-0.2, -0.15) is 0 Å². The van der Waals surface area contributed by atoms with Crippen molar-refractivity contribution >= 4 is 11.3 Å². The lowest BCUT2D eigenvalue weighted by molar-refractivity contribution is 0.524. The topological polar surface area (TPSA) is 24.9 Å². The molecule has 2 atom stereocenters. The fraction of sp³-hybridized carbons (Fsp3) is 0.438. The van der Waals surface area contributed by atoms with Gasteiger partial charge in [-0.3, -0.25) is 0 Å². The highest BCUT2D eigenvalue weighted by Crippen LogP contribution is 2.19. The van der Waals surface area contributed by atoms with Crippen molar-refractivity contribution in [2.75, 3.05) is 6.54 Å². The van der Waals surface area contributed by atoms with Gasteiger partial charge in [0.05, 0.1) is 10.7 Å². The van der Waals surface area contributed by atoms with Crippen LogP contribution in [0.5, 0.6) is 0 Å². The Labute approximate surface area is 119 Å². The Hall–Kier alpha value is -1.19. The first-order chi connectivity index (χ1) is 9.16. The number of aromatic nitrogens is 1. The highest BCUT2D eigenvalue weighted by molar-refractivity contribution is 7.09. The molecule has 0 radical (unpaired) electrons.